The molecule has 1 saturated heterocycles. The summed E-state index contributed by atoms with van der Waals surface area (Å²) >= 11 is 1.69. The monoisotopic (exact) mass is 345 g/mol. The van der Waals surface area contributed by atoms with E-state index in [9.17, 15) is 4.79 Å². The van der Waals surface area contributed by atoms with Gasteiger partial charge in [-0.1, -0.05) is 6.07 Å². The third-order valence-electron chi connectivity index (χ3n) is 4.24. The van der Waals surface area contributed by atoms with Gasteiger partial charge in [0.05, 0.1) is 17.8 Å². The van der Waals surface area contributed by atoms with Crippen molar-refractivity contribution in [2.45, 2.75) is 19.9 Å². The number of methoxy groups -OCH3 is 1. The van der Waals surface area contributed by atoms with E-state index in [0.29, 0.717) is 5.56 Å². The highest BCUT2D eigenvalue weighted by atomic mass is 32.1. The SMILES string of the molecule is COc1cccc(C(=O)N2CCCN(Cc3csc(C)n3)CC2)c1. The Morgan fingerprint density at radius 1 is 1.29 bits per heavy atom. The minimum Gasteiger partial charge on any atom is -0.497 e. The quantitative estimate of drug-likeness (QED) is 0.855. The summed E-state index contributed by atoms with van der Waals surface area (Å²) in [5.41, 5.74) is 1.82. The van der Waals surface area contributed by atoms with Crippen molar-refractivity contribution in [1.29, 1.82) is 0 Å². The van der Waals surface area contributed by atoms with Crippen LogP contribution in [0.5, 0.6) is 5.75 Å². The Labute approximate surface area is 146 Å². The Morgan fingerprint density at radius 2 is 2.17 bits per heavy atom. The van der Waals surface area contributed by atoms with E-state index in [1.165, 1.54) is 0 Å². The maximum atomic E-state index is 12.7. The highest BCUT2D eigenvalue weighted by Crippen LogP contribution is 2.17. The van der Waals surface area contributed by atoms with Gasteiger partial charge in [-0.05, 0) is 31.5 Å². The van der Waals surface area contributed by atoms with Crippen molar-refractivity contribution in [3.63, 3.8) is 0 Å². The predicted molar refractivity (Wildman–Crippen MR) is 95.6 cm³/mol. The van der Waals surface area contributed by atoms with Crippen LogP contribution in [0, 0.1) is 6.92 Å². The molecule has 2 heterocycles. The van der Waals surface area contributed by atoms with Gasteiger partial charge in [-0.3, -0.25) is 9.69 Å². The van der Waals surface area contributed by atoms with Crippen molar-refractivity contribution < 1.29 is 9.53 Å². The van der Waals surface area contributed by atoms with E-state index in [1.54, 1.807) is 18.4 Å². The van der Waals surface area contributed by atoms with Gasteiger partial charge in [-0.15, -0.1) is 11.3 Å². The van der Waals surface area contributed by atoms with Crippen LogP contribution >= 0.6 is 11.3 Å². The zero-order chi connectivity index (χ0) is 16.9. The molecule has 0 aliphatic carbocycles. The first-order valence-corrected chi connectivity index (χ1v) is 9.10. The Bertz CT molecular complexity index is 701. The maximum Gasteiger partial charge on any atom is 0.254 e. The Balaban J connectivity index is 1.61. The third-order valence-corrected chi connectivity index (χ3v) is 5.07. The molecular formula is C18H23N3O2S. The van der Waals surface area contributed by atoms with Gasteiger partial charge < -0.3 is 9.64 Å². The van der Waals surface area contributed by atoms with Gasteiger partial charge in [-0.25, -0.2) is 4.98 Å². The van der Waals surface area contributed by atoms with Crippen molar-refractivity contribution in [2.75, 3.05) is 33.3 Å². The number of aryl methyl sites for hydroxylation is 1. The molecule has 3 rings (SSSR count). The standard InChI is InChI=1S/C18H23N3O2S/c1-14-19-16(13-24-14)12-20-7-4-8-21(10-9-20)18(22)15-5-3-6-17(11-15)23-2/h3,5-6,11,13H,4,7-10,12H2,1-2H3. The number of thiazole rings is 1. The summed E-state index contributed by atoms with van der Waals surface area (Å²) in [6, 6.07) is 7.38. The largest absolute Gasteiger partial charge is 0.497 e. The van der Waals surface area contributed by atoms with Gasteiger partial charge in [0.2, 0.25) is 0 Å². The van der Waals surface area contributed by atoms with Crippen molar-refractivity contribution in [2.24, 2.45) is 0 Å². The molecule has 6 heteroatoms. The van der Waals surface area contributed by atoms with Gasteiger partial charge in [0, 0.05) is 43.7 Å². The van der Waals surface area contributed by atoms with Gasteiger partial charge in [0.1, 0.15) is 5.75 Å². The third kappa shape index (κ3) is 4.13. The summed E-state index contributed by atoms with van der Waals surface area (Å²) in [6.07, 6.45) is 0.985. The molecule has 0 radical (unpaired) electrons. The summed E-state index contributed by atoms with van der Waals surface area (Å²) in [4.78, 5) is 21.6. The lowest BCUT2D eigenvalue weighted by atomic mass is 10.2. The molecule has 1 aliphatic rings. The number of benzene rings is 1. The molecule has 0 unspecified atom stereocenters. The van der Waals surface area contributed by atoms with Crippen LogP contribution in [0.2, 0.25) is 0 Å². The number of aromatic nitrogens is 1. The second-order valence-electron chi connectivity index (χ2n) is 6.01. The lowest BCUT2D eigenvalue weighted by molar-refractivity contribution is 0.0760. The Kier molecular flexibility index (Phi) is 5.48. The summed E-state index contributed by atoms with van der Waals surface area (Å²) in [5, 5.41) is 3.23. The second-order valence-corrected chi connectivity index (χ2v) is 7.07. The highest BCUT2D eigenvalue weighted by Gasteiger charge is 2.21. The van der Waals surface area contributed by atoms with E-state index in [-0.39, 0.29) is 5.91 Å². The van der Waals surface area contributed by atoms with Gasteiger partial charge in [-0.2, -0.15) is 0 Å². The number of rotatable bonds is 4. The van der Waals surface area contributed by atoms with Crippen LogP contribution in [0.4, 0.5) is 0 Å². The van der Waals surface area contributed by atoms with Crippen molar-refractivity contribution >= 4 is 17.2 Å². The topological polar surface area (TPSA) is 45.7 Å². The summed E-state index contributed by atoms with van der Waals surface area (Å²) in [5.74, 6) is 0.802. The average Bonchev–Trinajstić information content (AvgIpc) is 2.87. The number of hydrogen-bond donors (Lipinski definition) is 0. The molecule has 128 valence electrons. The van der Waals surface area contributed by atoms with Gasteiger partial charge in [0.15, 0.2) is 0 Å². The fourth-order valence-corrected chi connectivity index (χ4v) is 3.58. The number of amides is 1. The van der Waals surface area contributed by atoms with Crippen LogP contribution in [0.25, 0.3) is 0 Å². The van der Waals surface area contributed by atoms with Crippen LogP contribution < -0.4 is 4.74 Å². The van der Waals surface area contributed by atoms with Crippen LogP contribution in [0.1, 0.15) is 27.5 Å². The fraction of sp³-hybridized carbons (Fsp3) is 0.444. The fourth-order valence-electron chi connectivity index (χ4n) is 2.98. The maximum absolute atomic E-state index is 12.7. The molecule has 2 aromatic rings. The molecule has 0 bridgehead atoms. The first kappa shape index (κ1) is 16.9. The predicted octanol–water partition coefficient (Wildman–Crippen LogP) is 2.81. The average molecular weight is 345 g/mol. The van der Waals surface area contributed by atoms with Crippen molar-refractivity contribution in [3.8, 4) is 5.75 Å². The number of carbonyl (C=O) groups is 1. The summed E-state index contributed by atoms with van der Waals surface area (Å²) in [6.45, 7) is 6.32. The molecule has 5 nitrogen and oxygen atoms in total. The molecule has 0 spiro atoms. The lowest BCUT2D eigenvalue weighted by Crippen LogP contribution is -2.35. The molecule has 0 atom stereocenters. The first-order valence-electron chi connectivity index (χ1n) is 8.22. The zero-order valence-corrected chi connectivity index (χ0v) is 15.0. The minimum atomic E-state index is 0.0836. The lowest BCUT2D eigenvalue weighted by Gasteiger charge is -2.21. The summed E-state index contributed by atoms with van der Waals surface area (Å²) in [7, 11) is 1.62. The highest BCUT2D eigenvalue weighted by molar-refractivity contribution is 7.09. The molecule has 1 amide bonds. The van der Waals surface area contributed by atoms with Crippen LogP contribution in [0.15, 0.2) is 29.6 Å². The molecule has 24 heavy (non-hydrogen) atoms. The number of carbonyl (C=O) groups excluding carboxylic acids is 1. The van der Waals surface area contributed by atoms with Crippen LogP contribution in [-0.4, -0.2) is 54.0 Å². The van der Waals surface area contributed by atoms with E-state index in [0.717, 1.165) is 55.6 Å². The number of ether oxygens (including phenoxy) is 1. The molecule has 1 aromatic carbocycles. The van der Waals surface area contributed by atoms with Crippen molar-refractivity contribution in [3.05, 3.63) is 45.9 Å². The molecule has 1 aromatic heterocycles. The normalized spacial score (nSPS) is 16.0. The van der Waals surface area contributed by atoms with E-state index in [4.69, 9.17) is 4.74 Å². The van der Waals surface area contributed by atoms with Gasteiger partial charge in [0.25, 0.3) is 5.91 Å². The van der Waals surface area contributed by atoms with E-state index < -0.39 is 0 Å². The smallest absolute Gasteiger partial charge is 0.254 e. The van der Waals surface area contributed by atoms with E-state index in [2.05, 4.69) is 15.3 Å². The first-order chi connectivity index (χ1) is 11.7. The molecule has 1 fully saturated rings. The van der Waals surface area contributed by atoms with Crippen LogP contribution in [0.3, 0.4) is 0 Å². The zero-order valence-electron chi connectivity index (χ0n) is 14.2. The van der Waals surface area contributed by atoms with Gasteiger partial charge >= 0.3 is 0 Å². The second kappa shape index (κ2) is 7.77. The van der Waals surface area contributed by atoms with E-state index >= 15 is 0 Å². The molecular weight excluding hydrogens is 322 g/mol. The summed E-state index contributed by atoms with van der Waals surface area (Å²) < 4.78 is 5.22. The number of hydrogen-bond acceptors (Lipinski definition) is 5. The molecule has 0 saturated carbocycles. The Hall–Kier alpha value is -1.92. The van der Waals surface area contributed by atoms with Crippen molar-refractivity contribution in [1.82, 2.24) is 14.8 Å². The molecule has 1 aliphatic heterocycles. The Morgan fingerprint density at radius 3 is 2.92 bits per heavy atom. The molecule has 0 N–H and O–H groups in total. The van der Waals surface area contributed by atoms with Crippen LogP contribution in [-0.2, 0) is 6.54 Å². The van der Waals surface area contributed by atoms with E-state index in [1.807, 2.05) is 36.1 Å². The number of nitrogens with zero attached hydrogens (tertiary/aromatic N) is 3. The minimum absolute atomic E-state index is 0.0836.